The number of hydrogen-bond acceptors (Lipinski definition) is 5. The first-order valence-corrected chi connectivity index (χ1v) is 10.0. The molecule has 4 rings (SSSR count). The summed E-state index contributed by atoms with van der Waals surface area (Å²) in [5, 5.41) is 14.2. The van der Waals surface area contributed by atoms with Crippen molar-refractivity contribution in [1.82, 2.24) is 0 Å². The van der Waals surface area contributed by atoms with E-state index in [1.807, 2.05) is 0 Å². The maximum Gasteiger partial charge on any atom is 0.339 e. The van der Waals surface area contributed by atoms with E-state index in [2.05, 4.69) is 5.32 Å². The van der Waals surface area contributed by atoms with E-state index in [1.54, 1.807) is 31.2 Å². The molecule has 4 aromatic rings. The zero-order chi connectivity index (χ0) is 22.1. The molecular formula is C22H15F2NO5S. The standard InChI is InChI=1S/C22H15F2NO5S/c1-2-29-15-8-7-12(18(23)19(15)24)13-10-31-21(17(13)22(27)28)25-20(26)16-9-11-5-3-4-6-14(11)30-16/h3-10H,2H2,1H3,(H,25,26)(H,27,28). The van der Waals surface area contributed by atoms with Gasteiger partial charge in [0.25, 0.3) is 5.91 Å². The predicted molar refractivity (Wildman–Crippen MR) is 112 cm³/mol. The van der Waals surface area contributed by atoms with E-state index < -0.39 is 23.5 Å². The van der Waals surface area contributed by atoms with Crippen molar-refractivity contribution in [1.29, 1.82) is 0 Å². The highest BCUT2D eigenvalue weighted by Gasteiger charge is 2.26. The van der Waals surface area contributed by atoms with Gasteiger partial charge in [-0.15, -0.1) is 11.3 Å². The molecule has 0 saturated carbocycles. The van der Waals surface area contributed by atoms with Gasteiger partial charge >= 0.3 is 5.97 Å². The fourth-order valence-corrected chi connectivity index (χ4v) is 4.07. The van der Waals surface area contributed by atoms with Gasteiger partial charge in [0.15, 0.2) is 17.3 Å². The van der Waals surface area contributed by atoms with Crippen LogP contribution in [0.3, 0.4) is 0 Å². The number of rotatable bonds is 6. The van der Waals surface area contributed by atoms with Crippen molar-refractivity contribution in [2.24, 2.45) is 0 Å². The quantitative estimate of drug-likeness (QED) is 0.394. The fourth-order valence-electron chi connectivity index (χ4n) is 3.13. The zero-order valence-electron chi connectivity index (χ0n) is 16.1. The SMILES string of the molecule is CCOc1ccc(-c2csc(NC(=O)c3cc4ccccc4o3)c2C(=O)O)c(F)c1F. The van der Waals surface area contributed by atoms with Crippen LogP contribution >= 0.6 is 11.3 Å². The third-order valence-electron chi connectivity index (χ3n) is 4.52. The van der Waals surface area contributed by atoms with Gasteiger partial charge in [-0.3, -0.25) is 4.79 Å². The zero-order valence-corrected chi connectivity index (χ0v) is 16.9. The topological polar surface area (TPSA) is 88.8 Å². The van der Waals surface area contributed by atoms with E-state index in [0.29, 0.717) is 11.0 Å². The normalized spacial score (nSPS) is 10.9. The Morgan fingerprint density at radius 2 is 1.90 bits per heavy atom. The molecule has 0 fully saturated rings. The number of anilines is 1. The molecule has 0 bridgehead atoms. The van der Waals surface area contributed by atoms with E-state index in [9.17, 15) is 23.5 Å². The van der Waals surface area contributed by atoms with Crippen LogP contribution in [0.1, 0.15) is 27.8 Å². The molecule has 0 radical (unpaired) electrons. The molecule has 2 aromatic carbocycles. The number of nitrogens with one attached hydrogen (secondary N) is 1. The average molecular weight is 443 g/mol. The van der Waals surface area contributed by atoms with Crippen molar-refractivity contribution < 1.29 is 32.6 Å². The second kappa shape index (κ2) is 8.19. The Hall–Kier alpha value is -3.72. The summed E-state index contributed by atoms with van der Waals surface area (Å²) in [5.41, 5.74) is -0.155. The van der Waals surface area contributed by atoms with E-state index in [1.165, 1.54) is 23.6 Å². The molecule has 0 aliphatic carbocycles. The number of benzene rings is 2. The number of para-hydroxylation sites is 1. The lowest BCUT2D eigenvalue weighted by Gasteiger charge is -2.09. The average Bonchev–Trinajstić information content (AvgIpc) is 3.36. The second-order valence-corrected chi connectivity index (χ2v) is 7.31. The highest BCUT2D eigenvalue weighted by atomic mass is 32.1. The third-order valence-corrected chi connectivity index (χ3v) is 5.41. The summed E-state index contributed by atoms with van der Waals surface area (Å²) in [4.78, 5) is 24.5. The lowest BCUT2D eigenvalue weighted by molar-refractivity contribution is 0.0699. The Morgan fingerprint density at radius 3 is 2.61 bits per heavy atom. The maximum absolute atomic E-state index is 14.6. The lowest BCUT2D eigenvalue weighted by atomic mass is 10.0. The smallest absolute Gasteiger partial charge is 0.339 e. The first-order chi connectivity index (χ1) is 14.9. The molecule has 0 unspecified atom stereocenters. The largest absolute Gasteiger partial charge is 0.491 e. The van der Waals surface area contributed by atoms with Crippen LogP contribution in [0.25, 0.3) is 22.1 Å². The van der Waals surface area contributed by atoms with Gasteiger partial charge in [0.2, 0.25) is 5.82 Å². The number of thiophene rings is 1. The number of ether oxygens (including phenoxy) is 1. The number of carboxylic acid groups (broad SMARTS) is 1. The minimum atomic E-state index is -1.40. The summed E-state index contributed by atoms with van der Waals surface area (Å²) in [6.07, 6.45) is 0. The minimum Gasteiger partial charge on any atom is -0.491 e. The van der Waals surface area contributed by atoms with E-state index >= 15 is 0 Å². The van der Waals surface area contributed by atoms with Crippen LogP contribution in [-0.2, 0) is 0 Å². The first-order valence-electron chi connectivity index (χ1n) is 9.16. The van der Waals surface area contributed by atoms with Crippen molar-refractivity contribution in [3.63, 3.8) is 0 Å². The predicted octanol–water partition coefficient (Wildman–Crippen LogP) is 5.79. The van der Waals surface area contributed by atoms with E-state index in [4.69, 9.17) is 9.15 Å². The van der Waals surface area contributed by atoms with Crippen LogP contribution in [0.15, 0.2) is 52.3 Å². The summed E-state index contributed by atoms with van der Waals surface area (Å²) >= 11 is 0.883. The van der Waals surface area contributed by atoms with Gasteiger partial charge in [-0.25, -0.2) is 9.18 Å². The highest BCUT2D eigenvalue weighted by Crippen LogP contribution is 2.39. The number of halogens is 2. The molecule has 2 N–H and O–H groups in total. The molecule has 1 amide bonds. The third kappa shape index (κ3) is 3.75. The number of carbonyl (C=O) groups excluding carboxylic acids is 1. The molecule has 0 aliphatic heterocycles. The van der Waals surface area contributed by atoms with Crippen LogP contribution in [0, 0.1) is 11.6 Å². The van der Waals surface area contributed by atoms with Gasteiger partial charge < -0.3 is 19.6 Å². The number of aromatic carboxylic acids is 1. The molecule has 0 aliphatic rings. The van der Waals surface area contributed by atoms with Crippen molar-refractivity contribution in [2.45, 2.75) is 6.92 Å². The summed E-state index contributed by atoms with van der Waals surface area (Å²) in [7, 11) is 0. The molecule has 158 valence electrons. The summed E-state index contributed by atoms with van der Waals surface area (Å²) in [6, 6.07) is 11.0. The number of furan rings is 1. The molecule has 2 heterocycles. The Balaban J connectivity index is 1.70. The van der Waals surface area contributed by atoms with Gasteiger partial charge in [-0.1, -0.05) is 18.2 Å². The van der Waals surface area contributed by atoms with Gasteiger partial charge in [0.05, 0.1) is 6.61 Å². The number of carbonyl (C=O) groups is 2. The number of amides is 1. The number of hydrogen-bond donors (Lipinski definition) is 2. The van der Waals surface area contributed by atoms with Crippen molar-refractivity contribution in [2.75, 3.05) is 11.9 Å². The van der Waals surface area contributed by atoms with E-state index in [-0.39, 0.29) is 39.8 Å². The minimum absolute atomic E-state index is 0.00854. The Morgan fingerprint density at radius 1 is 1.13 bits per heavy atom. The number of carboxylic acids is 1. The van der Waals surface area contributed by atoms with Crippen LogP contribution < -0.4 is 10.1 Å². The van der Waals surface area contributed by atoms with Gasteiger partial charge in [-0.05, 0) is 31.2 Å². The van der Waals surface area contributed by atoms with Gasteiger partial charge in [0, 0.05) is 21.9 Å². The van der Waals surface area contributed by atoms with Gasteiger partial charge in [0.1, 0.15) is 16.1 Å². The first kappa shape index (κ1) is 20.5. The van der Waals surface area contributed by atoms with Crippen LogP contribution in [0.5, 0.6) is 5.75 Å². The maximum atomic E-state index is 14.6. The molecule has 2 aromatic heterocycles. The van der Waals surface area contributed by atoms with Crippen LogP contribution in [0.4, 0.5) is 13.8 Å². The molecule has 0 saturated heterocycles. The van der Waals surface area contributed by atoms with Crippen LogP contribution in [-0.4, -0.2) is 23.6 Å². The van der Waals surface area contributed by atoms with E-state index in [0.717, 1.165) is 11.3 Å². The molecular weight excluding hydrogens is 428 g/mol. The number of fused-ring (bicyclic) bond motifs is 1. The van der Waals surface area contributed by atoms with Crippen molar-refractivity contribution in [3.05, 3.63) is 70.8 Å². The fraction of sp³-hybridized carbons (Fsp3) is 0.0909. The highest BCUT2D eigenvalue weighted by molar-refractivity contribution is 7.15. The molecule has 0 spiro atoms. The van der Waals surface area contributed by atoms with Crippen molar-refractivity contribution in [3.8, 4) is 16.9 Å². The monoisotopic (exact) mass is 443 g/mol. The Labute approximate surface area is 178 Å². The summed E-state index contributed by atoms with van der Waals surface area (Å²) in [5.74, 6) is -4.79. The summed E-state index contributed by atoms with van der Waals surface area (Å²) in [6.45, 7) is 1.77. The second-order valence-electron chi connectivity index (χ2n) is 6.43. The molecule has 31 heavy (non-hydrogen) atoms. The van der Waals surface area contributed by atoms with Crippen molar-refractivity contribution >= 4 is 39.2 Å². The van der Waals surface area contributed by atoms with Crippen LogP contribution in [0.2, 0.25) is 0 Å². The van der Waals surface area contributed by atoms with Gasteiger partial charge in [-0.2, -0.15) is 4.39 Å². The molecule has 9 heteroatoms. The summed E-state index contributed by atoms with van der Waals surface area (Å²) < 4.78 is 39.4. The molecule has 6 nitrogen and oxygen atoms in total. The Bertz CT molecular complexity index is 1280. The lowest BCUT2D eigenvalue weighted by Crippen LogP contribution is -2.13. The molecule has 0 atom stereocenters. The Kier molecular flexibility index (Phi) is 5.43.